The Bertz CT molecular complexity index is 1410. The van der Waals surface area contributed by atoms with Gasteiger partial charge in [0.2, 0.25) is 0 Å². The standard InChI is InChI=1S/C22H17F3N4O5/c1-11-3-7-13(8-4-11)29-16-15(18(31)27-20(29)33)21(19(32)26-16,22(23,24)25)28-17(30)12-5-9-14(34-2)10-6-12/h3-10H,1-2H3,(H,26,32)(H,28,30)(H,27,31,33). The van der Waals surface area contributed by atoms with Crippen LogP contribution < -0.4 is 26.6 Å². The second kappa shape index (κ2) is 7.90. The largest absolute Gasteiger partial charge is 0.497 e. The summed E-state index contributed by atoms with van der Waals surface area (Å²) in [5, 5.41) is 3.67. The van der Waals surface area contributed by atoms with E-state index in [2.05, 4.69) is 0 Å². The number of nitrogens with one attached hydrogen (secondary N) is 3. The van der Waals surface area contributed by atoms with Gasteiger partial charge in [0.15, 0.2) is 0 Å². The Hall–Kier alpha value is -4.35. The van der Waals surface area contributed by atoms with Crippen LogP contribution in [0.4, 0.5) is 19.0 Å². The number of aromatic nitrogens is 2. The fourth-order valence-corrected chi connectivity index (χ4v) is 3.70. The molecule has 1 aliphatic heterocycles. The number of aromatic amines is 1. The summed E-state index contributed by atoms with van der Waals surface area (Å²) in [7, 11) is 1.37. The van der Waals surface area contributed by atoms with E-state index in [-0.39, 0.29) is 11.3 Å². The molecule has 2 heterocycles. The Labute approximate surface area is 189 Å². The molecule has 0 bridgehead atoms. The van der Waals surface area contributed by atoms with E-state index in [1.54, 1.807) is 24.4 Å². The van der Waals surface area contributed by atoms with Gasteiger partial charge in [0, 0.05) is 5.56 Å². The zero-order valence-electron chi connectivity index (χ0n) is 17.7. The van der Waals surface area contributed by atoms with E-state index in [4.69, 9.17) is 4.74 Å². The number of alkyl halides is 3. The number of carbonyl (C=O) groups is 2. The van der Waals surface area contributed by atoms with Gasteiger partial charge in [-0.1, -0.05) is 17.7 Å². The van der Waals surface area contributed by atoms with Crippen molar-refractivity contribution in [1.29, 1.82) is 0 Å². The van der Waals surface area contributed by atoms with Gasteiger partial charge in [-0.05, 0) is 43.3 Å². The SMILES string of the molecule is COc1ccc(C(=O)NC2(C(F)(F)F)C(=O)Nc3c2c(=O)[nH]c(=O)n3-c2ccc(C)cc2)cc1. The predicted molar refractivity (Wildman–Crippen MR) is 114 cm³/mol. The first-order valence-electron chi connectivity index (χ1n) is 9.81. The van der Waals surface area contributed by atoms with E-state index >= 15 is 0 Å². The molecule has 3 aromatic rings. The Morgan fingerprint density at radius 2 is 1.65 bits per heavy atom. The van der Waals surface area contributed by atoms with Crippen molar-refractivity contribution in [3.05, 3.63) is 86.1 Å². The van der Waals surface area contributed by atoms with Crippen molar-refractivity contribution in [1.82, 2.24) is 14.9 Å². The summed E-state index contributed by atoms with van der Waals surface area (Å²) in [5.41, 5.74) is -6.73. The van der Waals surface area contributed by atoms with Crippen LogP contribution in [0.2, 0.25) is 0 Å². The normalized spacial score (nSPS) is 17.1. The molecule has 1 aliphatic rings. The lowest BCUT2D eigenvalue weighted by Gasteiger charge is -2.30. The lowest BCUT2D eigenvalue weighted by Crippen LogP contribution is -2.62. The minimum atomic E-state index is -5.44. The molecule has 0 saturated heterocycles. The summed E-state index contributed by atoms with van der Waals surface area (Å²) < 4.78 is 49.1. The number of ether oxygens (including phenoxy) is 1. The molecule has 0 radical (unpaired) electrons. The quantitative estimate of drug-likeness (QED) is 0.534. The van der Waals surface area contributed by atoms with Crippen molar-refractivity contribution in [2.75, 3.05) is 12.4 Å². The number of nitrogens with zero attached hydrogens (tertiary/aromatic N) is 1. The van der Waals surface area contributed by atoms with E-state index in [1.807, 2.05) is 10.3 Å². The number of hydrogen-bond acceptors (Lipinski definition) is 5. The highest BCUT2D eigenvalue weighted by atomic mass is 19.4. The first-order valence-corrected chi connectivity index (χ1v) is 9.81. The van der Waals surface area contributed by atoms with Gasteiger partial charge in [0.05, 0.1) is 12.8 Å². The van der Waals surface area contributed by atoms with E-state index in [0.29, 0.717) is 5.75 Å². The van der Waals surface area contributed by atoms with Crippen LogP contribution in [0.25, 0.3) is 5.69 Å². The van der Waals surface area contributed by atoms with Crippen LogP contribution in [0.1, 0.15) is 21.5 Å². The maximum Gasteiger partial charge on any atom is 0.425 e. The van der Waals surface area contributed by atoms with Crippen molar-refractivity contribution < 1.29 is 27.5 Å². The number of amides is 2. The molecule has 2 aromatic carbocycles. The molecule has 2 amide bonds. The number of aryl methyl sites for hydroxylation is 1. The maximum atomic E-state index is 14.5. The van der Waals surface area contributed by atoms with Crippen LogP contribution in [-0.4, -0.2) is 34.7 Å². The average molecular weight is 474 g/mol. The predicted octanol–water partition coefficient (Wildman–Crippen LogP) is 1.98. The van der Waals surface area contributed by atoms with Gasteiger partial charge < -0.3 is 15.4 Å². The van der Waals surface area contributed by atoms with E-state index in [9.17, 15) is 32.3 Å². The molecule has 0 aliphatic carbocycles. The van der Waals surface area contributed by atoms with Gasteiger partial charge in [0.1, 0.15) is 17.1 Å². The molecule has 1 aromatic heterocycles. The smallest absolute Gasteiger partial charge is 0.425 e. The molecule has 3 N–H and O–H groups in total. The fourth-order valence-electron chi connectivity index (χ4n) is 3.70. The number of fused-ring (bicyclic) bond motifs is 1. The minimum Gasteiger partial charge on any atom is -0.497 e. The highest BCUT2D eigenvalue weighted by Crippen LogP contribution is 2.45. The second-order valence-electron chi connectivity index (χ2n) is 7.54. The molecule has 176 valence electrons. The number of methoxy groups -OCH3 is 1. The van der Waals surface area contributed by atoms with Crippen molar-refractivity contribution in [2.45, 2.75) is 18.6 Å². The van der Waals surface area contributed by atoms with E-state index in [0.717, 1.165) is 10.1 Å². The first-order chi connectivity index (χ1) is 16.0. The minimum absolute atomic E-state index is 0.0999. The van der Waals surface area contributed by atoms with Crippen LogP contribution >= 0.6 is 0 Å². The van der Waals surface area contributed by atoms with E-state index < -0.39 is 46.2 Å². The van der Waals surface area contributed by atoms with E-state index in [1.165, 1.54) is 43.5 Å². The third kappa shape index (κ3) is 3.43. The number of halogens is 3. The summed E-state index contributed by atoms with van der Waals surface area (Å²) in [6.45, 7) is 1.76. The molecule has 4 rings (SSSR count). The summed E-state index contributed by atoms with van der Waals surface area (Å²) in [6.07, 6.45) is -5.44. The Morgan fingerprint density at radius 3 is 2.21 bits per heavy atom. The molecule has 0 saturated carbocycles. The van der Waals surface area contributed by atoms with Crippen molar-refractivity contribution >= 4 is 17.6 Å². The van der Waals surface area contributed by atoms with Gasteiger partial charge >= 0.3 is 11.9 Å². The Balaban J connectivity index is 1.93. The summed E-state index contributed by atoms with van der Waals surface area (Å²) >= 11 is 0. The van der Waals surface area contributed by atoms with Gasteiger partial charge in [-0.15, -0.1) is 0 Å². The highest BCUT2D eigenvalue weighted by molar-refractivity contribution is 6.09. The van der Waals surface area contributed by atoms with Gasteiger partial charge in [-0.3, -0.25) is 19.4 Å². The highest BCUT2D eigenvalue weighted by Gasteiger charge is 2.68. The van der Waals surface area contributed by atoms with Crippen LogP contribution in [0.3, 0.4) is 0 Å². The van der Waals surface area contributed by atoms with Gasteiger partial charge in [-0.25, -0.2) is 9.36 Å². The Kier molecular flexibility index (Phi) is 5.31. The molecule has 9 nitrogen and oxygen atoms in total. The molecule has 1 unspecified atom stereocenters. The molecule has 0 spiro atoms. The summed E-state index contributed by atoms with van der Waals surface area (Å²) in [6, 6.07) is 11.2. The average Bonchev–Trinajstić information content (AvgIpc) is 3.08. The summed E-state index contributed by atoms with van der Waals surface area (Å²) in [5.74, 6) is -3.33. The van der Waals surface area contributed by atoms with Crippen LogP contribution in [0.15, 0.2) is 58.1 Å². The third-order valence-electron chi connectivity index (χ3n) is 5.43. The zero-order valence-corrected chi connectivity index (χ0v) is 17.7. The maximum absolute atomic E-state index is 14.5. The zero-order chi connectivity index (χ0) is 24.8. The number of benzene rings is 2. The monoisotopic (exact) mass is 474 g/mol. The lowest BCUT2D eigenvalue weighted by molar-refractivity contribution is -0.196. The van der Waals surface area contributed by atoms with Gasteiger partial charge in [-0.2, -0.15) is 13.2 Å². The first kappa shape index (κ1) is 22.8. The summed E-state index contributed by atoms with van der Waals surface area (Å²) in [4.78, 5) is 52.6. The van der Waals surface area contributed by atoms with Crippen LogP contribution in [0.5, 0.6) is 5.75 Å². The molecular weight excluding hydrogens is 457 g/mol. The second-order valence-corrected chi connectivity index (χ2v) is 7.54. The van der Waals surface area contributed by atoms with Crippen molar-refractivity contribution in [3.8, 4) is 11.4 Å². The Morgan fingerprint density at radius 1 is 1.03 bits per heavy atom. The molecule has 1 atom stereocenters. The number of carbonyl (C=O) groups excluding carboxylic acids is 2. The number of rotatable bonds is 4. The topological polar surface area (TPSA) is 122 Å². The fraction of sp³-hybridized carbons (Fsp3) is 0.182. The van der Waals surface area contributed by atoms with Crippen LogP contribution in [0, 0.1) is 6.92 Å². The van der Waals surface area contributed by atoms with Crippen molar-refractivity contribution in [3.63, 3.8) is 0 Å². The molecule has 34 heavy (non-hydrogen) atoms. The molecule has 12 heteroatoms. The molecular formula is C22H17F3N4O5. The number of anilines is 1. The third-order valence-corrected chi connectivity index (χ3v) is 5.43. The lowest BCUT2D eigenvalue weighted by atomic mass is 9.91. The van der Waals surface area contributed by atoms with Crippen LogP contribution in [-0.2, 0) is 10.3 Å². The number of hydrogen-bond donors (Lipinski definition) is 3. The molecule has 0 fully saturated rings. The number of H-pyrrole nitrogens is 1. The van der Waals surface area contributed by atoms with Gasteiger partial charge in [0.25, 0.3) is 22.9 Å². The van der Waals surface area contributed by atoms with Crippen molar-refractivity contribution in [2.24, 2.45) is 0 Å².